The highest BCUT2D eigenvalue weighted by atomic mass is 32.1. The van der Waals surface area contributed by atoms with Crippen LogP contribution >= 0.6 is 11.3 Å². The number of aromatic amines is 1. The van der Waals surface area contributed by atoms with E-state index in [9.17, 15) is 4.79 Å². The van der Waals surface area contributed by atoms with Gasteiger partial charge >= 0.3 is 0 Å². The maximum atomic E-state index is 12.3. The molecule has 1 aromatic carbocycles. The number of benzene rings is 1. The number of aryl methyl sites for hydroxylation is 1. The van der Waals surface area contributed by atoms with Gasteiger partial charge in [0.15, 0.2) is 0 Å². The third kappa shape index (κ3) is 2.62. The fourth-order valence-electron chi connectivity index (χ4n) is 2.21. The van der Waals surface area contributed by atoms with Gasteiger partial charge in [0.05, 0.1) is 17.2 Å². The summed E-state index contributed by atoms with van der Waals surface area (Å²) < 4.78 is 0. The van der Waals surface area contributed by atoms with Crippen LogP contribution < -0.4 is 11.1 Å². The van der Waals surface area contributed by atoms with Crippen molar-refractivity contribution in [2.24, 2.45) is 0 Å². The molecule has 0 saturated heterocycles. The lowest BCUT2D eigenvalue weighted by Crippen LogP contribution is -2.26. The Labute approximate surface area is 126 Å². The zero-order valence-electron chi connectivity index (χ0n) is 11.8. The molecular weight excluding hydrogens is 284 g/mol. The van der Waals surface area contributed by atoms with Gasteiger partial charge < -0.3 is 16.0 Å². The second-order valence-corrected chi connectivity index (χ2v) is 5.91. The molecule has 1 amide bonds. The van der Waals surface area contributed by atoms with E-state index in [1.807, 2.05) is 37.4 Å². The van der Waals surface area contributed by atoms with Gasteiger partial charge in [-0.05, 0) is 26.0 Å². The van der Waals surface area contributed by atoms with Crippen LogP contribution in [0, 0.1) is 6.92 Å². The van der Waals surface area contributed by atoms with Crippen molar-refractivity contribution >= 4 is 33.8 Å². The van der Waals surface area contributed by atoms with Crippen molar-refractivity contribution in [3.63, 3.8) is 0 Å². The van der Waals surface area contributed by atoms with Gasteiger partial charge in [0.1, 0.15) is 10.7 Å². The molecule has 2 heterocycles. The lowest BCUT2D eigenvalue weighted by atomic mass is 10.2. The number of carbonyl (C=O) groups is 1. The fourth-order valence-corrected chi connectivity index (χ4v) is 3.01. The standard InChI is InChI=1S/C15H16N4OS/c1-8-7-21-15(17-8)9(2)18-14(20)12-6-10-4-3-5-11(16)13(10)19-12/h3-7,9,19H,16H2,1-2H3,(H,18,20). The highest BCUT2D eigenvalue weighted by Gasteiger charge is 2.16. The van der Waals surface area contributed by atoms with Gasteiger partial charge in [0, 0.05) is 16.5 Å². The molecule has 0 radical (unpaired) electrons. The van der Waals surface area contributed by atoms with Crippen molar-refractivity contribution in [3.05, 3.63) is 46.0 Å². The number of hydrogen-bond donors (Lipinski definition) is 3. The number of carbonyl (C=O) groups excluding carboxylic acids is 1. The molecule has 5 nitrogen and oxygen atoms in total. The van der Waals surface area contributed by atoms with E-state index in [1.54, 1.807) is 17.4 Å². The SMILES string of the molecule is Cc1csc(C(C)NC(=O)c2cc3cccc(N)c3[nH]2)n1. The van der Waals surface area contributed by atoms with Crippen molar-refractivity contribution in [2.45, 2.75) is 19.9 Å². The monoisotopic (exact) mass is 300 g/mol. The van der Waals surface area contributed by atoms with Crippen molar-refractivity contribution in [2.75, 3.05) is 5.73 Å². The van der Waals surface area contributed by atoms with Crippen LogP contribution in [0.4, 0.5) is 5.69 Å². The quantitative estimate of drug-likeness (QED) is 0.650. The van der Waals surface area contributed by atoms with Crippen molar-refractivity contribution in [1.82, 2.24) is 15.3 Å². The van der Waals surface area contributed by atoms with E-state index in [-0.39, 0.29) is 11.9 Å². The van der Waals surface area contributed by atoms with Gasteiger partial charge in [0.2, 0.25) is 0 Å². The molecule has 3 aromatic rings. The lowest BCUT2D eigenvalue weighted by Gasteiger charge is -2.10. The molecule has 6 heteroatoms. The number of hydrogen-bond acceptors (Lipinski definition) is 4. The third-order valence-corrected chi connectivity index (χ3v) is 4.43. The van der Waals surface area contributed by atoms with Crippen LogP contribution in [0.1, 0.15) is 34.2 Å². The summed E-state index contributed by atoms with van der Waals surface area (Å²) in [6, 6.07) is 7.28. The minimum Gasteiger partial charge on any atom is -0.397 e. The van der Waals surface area contributed by atoms with Gasteiger partial charge in [-0.2, -0.15) is 0 Å². The van der Waals surface area contributed by atoms with Crippen molar-refractivity contribution in [3.8, 4) is 0 Å². The molecule has 0 saturated carbocycles. The van der Waals surface area contributed by atoms with Crippen LogP contribution in [-0.2, 0) is 0 Å². The lowest BCUT2D eigenvalue weighted by molar-refractivity contribution is 0.0935. The summed E-state index contributed by atoms with van der Waals surface area (Å²) in [6.45, 7) is 3.86. The summed E-state index contributed by atoms with van der Waals surface area (Å²) in [4.78, 5) is 19.8. The van der Waals surface area contributed by atoms with Crippen LogP contribution in [0.2, 0.25) is 0 Å². The molecule has 0 aliphatic rings. The summed E-state index contributed by atoms with van der Waals surface area (Å²) in [5.41, 5.74) is 8.79. The highest BCUT2D eigenvalue weighted by molar-refractivity contribution is 7.09. The first-order valence-electron chi connectivity index (χ1n) is 6.64. The van der Waals surface area contributed by atoms with E-state index < -0.39 is 0 Å². The van der Waals surface area contributed by atoms with Gasteiger partial charge in [-0.15, -0.1) is 11.3 Å². The predicted molar refractivity (Wildman–Crippen MR) is 85.4 cm³/mol. The largest absolute Gasteiger partial charge is 0.397 e. The first-order chi connectivity index (χ1) is 10.0. The molecule has 4 N–H and O–H groups in total. The van der Waals surface area contributed by atoms with Gasteiger partial charge in [-0.3, -0.25) is 4.79 Å². The van der Waals surface area contributed by atoms with Crippen LogP contribution in [0.3, 0.4) is 0 Å². The van der Waals surface area contributed by atoms with E-state index in [2.05, 4.69) is 15.3 Å². The Balaban J connectivity index is 1.82. The third-order valence-electron chi connectivity index (χ3n) is 3.29. The molecule has 21 heavy (non-hydrogen) atoms. The molecule has 0 aliphatic heterocycles. The number of aromatic nitrogens is 2. The molecule has 0 aliphatic carbocycles. The van der Waals surface area contributed by atoms with E-state index >= 15 is 0 Å². The minimum absolute atomic E-state index is 0.125. The molecule has 1 atom stereocenters. The highest BCUT2D eigenvalue weighted by Crippen LogP contribution is 2.22. The Bertz CT molecular complexity index is 805. The number of nitrogens with zero attached hydrogens (tertiary/aromatic N) is 1. The number of rotatable bonds is 3. The Morgan fingerprint density at radius 3 is 2.95 bits per heavy atom. The zero-order chi connectivity index (χ0) is 15.0. The van der Waals surface area contributed by atoms with E-state index in [1.165, 1.54) is 0 Å². The second kappa shape index (κ2) is 5.21. The van der Waals surface area contributed by atoms with Crippen molar-refractivity contribution < 1.29 is 4.79 Å². The van der Waals surface area contributed by atoms with Gasteiger partial charge in [-0.25, -0.2) is 4.98 Å². The number of thiazole rings is 1. The van der Waals surface area contributed by atoms with E-state index in [0.717, 1.165) is 21.6 Å². The summed E-state index contributed by atoms with van der Waals surface area (Å²) >= 11 is 1.55. The average molecular weight is 300 g/mol. The summed E-state index contributed by atoms with van der Waals surface area (Å²) in [6.07, 6.45) is 0. The number of fused-ring (bicyclic) bond motifs is 1. The Morgan fingerprint density at radius 2 is 2.29 bits per heavy atom. The van der Waals surface area contributed by atoms with E-state index in [0.29, 0.717) is 11.4 Å². The first kappa shape index (κ1) is 13.6. The topological polar surface area (TPSA) is 83.8 Å². The molecular formula is C15H16N4OS. The Hall–Kier alpha value is -2.34. The van der Waals surface area contributed by atoms with Crippen LogP contribution in [0.15, 0.2) is 29.6 Å². The maximum absolute atomic E-state index is 12.3. The summed E-state index contributed by atoms with van der Waals surface area (Å²) in [7, 11) is 0. The number of H-pyrrole nitrogens is 1. The molecule has 0 fully saturated rings. The number of nitrogens with two attached hydrogens (primary N) is 1. The normalized spacial score (nSPS) is 12.5. The van der Waals surface area contributed by atoms with Gasteiger partial charge in [-0.1, -0.05) is 12.1 Å². The number of para-hydroxylation sites is 1. The molecule has 0 bridgehead atoms. The maximum Gasteiger partial charge on any atom is 0.268 e. The predicted octanol–water partition coefficient (Wildman–Crippen LogP) is 3.01. The second-order valence-electron chi connectivity index (χ2n) is 5.02. The molecule has 3 rings (SSSR count). The molecule has 108 valence electrons. The van der Waals surface area contributed by atoms with Crippen LogP contribution in [0.25, 0.3) is 10.9 Å². The Morgan fingerprint density at radius 1 is 1.48 bits per heavy atom. The first-order valence-corrected chi connectivity index (χ1v) is 7.52. The number of nitrogen functional groups attached to an aromatic ring is 1. The number of nitrogens with one attached hydrogen (secondary N) is 2. The van der Waals surface area contributed by atoms with Crippen LogP contribution in [0.5, 0.6) is 0 Å². The fraction of sp³-hybridized carbons (Fsp3) is 0.200. The number of anilines is 1. The van der Waals surface area contributed by atoms with E-state index in [4.69, 9.17) is 5.73 Å². The zero-order valence-corrected chi connectivity index (χ0v) is 12.6. The minimum atomic E-state index is -0.161. The van der Waals surface area contributed by atoms with Gasteiger partial charge in [0.25, 0.3) is 5.91 Å². The molecule has 0 spiro atoms. The van der Waals surface area contributed by atoms with Crippen molar-refractivity contribution in [1.29, 1.82) is 0 Å². The smallest absolute Gasteiger partial charge is 0.268 e. The Kier molecular flexibility index (Phi) is 3.39. The average Bonchev–Trinajstić information content (AvgIpc) is 3.05. The molecule has 1 unspecified atom stereocenters. The number of amides is 1. The summed E-state index contributed by atoms with van der Waals surface area (Å²) in [5.74, 6) is -0.161. The van der Waals surface area contributed by atoms with Crippen LogP contribution in [-0.4, -0.2) is 15.9 Å². The molecule has 2 aromatic heterocycles. The summed E-state index contributed by atoms with van der Waals surface area (Å²) in [5, 5.41) is 6.75.